The van der Waals surface area contributed by atoms with E-state index in [9.17, 15) is 9.59 Å². The lowest BCUT2D eigenvalue weighted by Crippen LogP contribution is -2.36. The van der Waals surface area contributed by atoms with Crippen molar-refractivity contribution in [1.82, 2.24) is 4.90 Å². The van der Waals surface area contributed by atoms with Crippen molar-refractivity contribution in [2.24, 2.45) is 0 Å². The highest BCUT2D eigenvalue weighted by atomic mass is 79.9. The zero-order valence-electron chi connectivity index (χ0n) is 10.2. The van der Waals surface area contributed by atoms with Gasteiger partial charge in [0.1, 0.15) is 12.3 Å². The number of amides is 1. The molecule has 1 N–H and O–H groups in total. The minimum Gasteiger partial charge on any atom is -0.496 e. The molecule has 0 saturated carbocycles. The molecule has 0 bridgehead atoms. The molecule has 0 heterocycles. The van der Waals surface area contributed by atoms with Crippen LogP contribution in [0.2, 0.25) is 0 Å². The Bertz CT molecular complexity index is 536. The number of carboxylic acids is 1. The fourth-order valence-electron chi connectivity index (χ4n) is 1.49. The zero-order valence-corrected chi connectivity index (χ0v) is 11.8. The number of benzene rings is 1. The number of carboxylic acid groups (broad SMARTS) is 1. The molecule has 19 heavy (non-hydrogen) atoms. The highest BCUT2D eigenvalue weighted by Crippen LogP contribution is 2.24. The second-order valence-corrected chi connectivity index (χ2v) is 4.52. The van der Waals surface area contributed by atoms with Gasteiger partial charge in [-0.15, -0.1) is 6.42 Å². The molecular weight excluding hydrogens is 314 g/mol. The highest BCUT2D eigenvalue weighted by Gasteiger charge is 2.21. The van der Waals surface area contributed by atoms with Crippen LogP contribution in [0.1, 0.15) is 10.4 Å². The van der Waals surface area contributed by atoms with Crippen LogP contribution in [0.3, 0.4) is 0 Å². The monoisotopic (exact) mass is 325 g/mol. The fraction of sp³-hybridized carbons (Fsp3) is 0.231. The summed E-state index contributed by atoms with van der Waals surface area (Å²) in [6.45, 7) is -0.535. The third-order valence-corrected chi connectivity index (χ3v) is 2.78. The molecule has 0 unspecified atom stereocenters. The van der Waals surface area contributed by atoms with Crippen molar-refractivity contribution >= 4 is 27.8 Å². The van der Waals surface area contributed by atoms with Crippen LogP contribution in [0.25, 0.3) is 0 Å². The topological polar surface area (TPSA) is 66.8 Å². The van der Waals surface area contributed by atoms with Gasteiger partial charge in [0.25, 0.3) is 5.91 Å². The SMILES string of the molecule is C#CCN(CC(=O)O)C(=O)c1ccc(Br)cc1OC. The Kier molecular flexibility index (Phi) is 5.39. The van der Waals surface area contributed by atoms with Crippen LogP contribution in [0.5, 0.6) is 5.75 Å². The smallest absolute Gasteiger partial charge is 0.323 e. The van der Waals surface area contributed by atoms with Gasteiger partial charge < -0.3 is 14.7 Å². The van der Waals surface area contributed by atoms with Crippen molar-refractivity contribution < 1.29 is 19.4 Å². The molecule has 0 atom stereocenters. The van der Waals surface area contributed by atoms with Gasteiger partial charge in [-0.3, -0.25) is 9.59 Å². The standard InChI is InChI=1S/C13H12BrNO4/c1-3-6-15(8-12(16)17)13(18)10-5-4-9(14)7-11(10)19-2/h1,4-5,7H,6,8H2,2H3,(H,16,17). The molecule has 1 aromatic carbocycles. The summed E-state index contributed by atoms with van der Waals surface area (Å²) >= 11 is 3.26. The lowest BCUT2D eigenvalue weighted by atomic mass is 10.1. The molecule has 1 rings (SSSR count). The van der Waals surface area contributed by atoms with Gasteiger partial charge in [0, 0.05) is 4.47 Å². The summed E-state index contributed by atoms with van der Waals surface area (Å²) in [5.74, 6) is 1.01. The molecule has 0 spiro atoms. The molecule has 100 valence electrons. The maximum atomic E-state index is 12.2. The first kappa shape index (κ1) is 15.1. The first-order valence-electron chi connectivity index (χ1n) is 5.27. The van der Waals surface area contributed by atoms with Gasteiger partial charge in [-0.25, -0.2) is 0 Å². The van der Waals surface area contributed by atoms with Gasteiger partial charge in [-0.1, -0.05) is 21.9 Å². The van der Waals surface area contributed by atoms with Crippen molar-refractivity contribution in [3.8, 4) is 18.1 Å². The maximum absolute atomic E-state index is 12.2. The number of carbonyl (C=O) groups excluding carboxylic acids is 1. The Morgan fingerprint density at radius 1 is 1.53 bits per heavy atom. The molecule has 0 radical (unpaired) electrons. The molecule has 1 amide bonds. The number of hydrogen-bond donors (Lipinski definition) is 1. The lowest BCUT2D eigenvalue weighted by molar-refractivity contribution is -0.137. The minimum absolute atomic E-state index is 0.0790. The Morgan fingerprint density at radius 2 is 2.21 bits per heavy atom. The predicted octanol–water partition coefficient (Wildman–Crippen LogP) is 1.62. The van der Waals surface area contributed by atoms with Crippen LogP contribution in [0.15, 0.2) is 22.7 Å². The number of nitrogens with zero attached hydrogens (tertiary/aromatic N) is 1. The number of hydrogen-bond acceptors (Lipinski definition) is 3. The number of aliphatic carboxylic acids is 1. The number of methoxy groups -OCH3 is 1. The number of halogens is 1. The quantitative estimate of drug-likeness (QED) is 0.835. The zero-order chi connectivity index (χ0) is 14.4. The van der Waals surface area contributed by atoms with E-state index in [1.807, 2.05) is 0 Å². The van der Waals surface area contributed by atoms with Crippen molar-refractivity contribution in [1.29, 1.82) is 0 Å². The largest absolute Gasteiger partial charge is 0.496 e. The Balaban J connectivity index is 3.09. The van der Waals surface area contributed by atoms with E-state index < -0.39 is 18.4 Å². The first-order valence-corrected chi connectivity index (χ1v) is 6.07. The average Bonchev–Trinajstić information content (AvgIpc) is 2.36. The van der Waals surface area contributed by atoms with Crippen LogP contribution >= 0.6 is 15.9 Å². The van der Waals surface area contributed by atoms with Crippen LogP contribution < -0.4 is 4.74 Å². The van der Waals surface area contributed by atoms with E-state index in [0.29, 0.717) is 5.75 Å². The Morgan fingerprint density at radius 3 is 2.74 bits per heavy atom. The van der Waals surface area contributed by atoms with E-state index in [-0.39, 0.29) is 12.1 Å². The van der Waals surface area contributed by atoms with Crippen molar-refractivity contribution in [3.05, 3.63) is 28.2 Å². The van der Waals surface area contributed by atoms with Crippen LogP contribution in [-0.4, -0.2) is 42.1 Å². The molecule has 1 aromatic rings. The maximum Gasteiger partial charge on any atom is 0.323 e. The third-order valence-electron chi connectivity index (χ3n) is 2.29. The number of carbonyl (C=O) groups is 2. The Hall–Kier alpha value is -2.00. The first-order chi connectivity index (χ1) is 8.99. The van der Waals surface area contributed by atoms with E-state index in [2.05, 4.69) is 21.9 Å². The average molecular weight is 326 g/mol. The van der Waals surface area contributed by atoms with Gasteiger partial charge in [0.15, 0.2) is 0 Å². The minimum atomic E-state index is -1.13. The predicted molar refractivity (Wildman–Crippen MR) is 73.1 cm³/mol. The molecule has 0 fully saturated rings. The molecule has 6 heteroatoms. The van der Waals surface area contributed by atoms with Gasteiger partial charge in [0.05, 0.1) is 19.2 Å². The third kappa shape index (κ3) is 4.00. The summed E-state index contributed by atoms with van der Waals surface area (Å²) in [5, 5.41) is 8.78. The summed E-state index contributed by atoms with van der Waals surface area (Å²) in [6.07, 6.45) is 5.14. The second kappa shape index (κ2) is 6.81. The summed E-state index contributed by atoms with van der Waals surface area (Å²) in [7, 11) is 1.43. The van der Waals surface area contributed by atoms with Gasteiger partial charge in [0.2, 0.25) is 0 Å². The molecule has 0 saturated heterocycles. The van der Waals surface area contributed by atoms with E-state index in [1.165, 1.54) is 7.11 Å². The van der Waals surface area contributed by atoms with E-state index in [1.54, 1.807) is 18.2 Å². The molecule has 0 aliphatic heterocycles. The van der Waals surface area contributed by atoms with Crippen molar-refractivity contribution in [2.75, 3.05) is 20.2 Å². The van der Waals surface area contributed by atoms with Gasteiger partial charge in [-0.2, -0.15) is 0 Å². The molecule has 0 aromatic heterocycles. The van der Waals surface area contributed by atoms with Crippen LogP contribution in [0, 0.1) is 12.3 Å². The van der Waals surface area contributed by atoms with E-state index >= 15 is 0 Å². The van der Waals surface area contributed by atoms with Gasteiger partial charge in [-0.05, 0) is 18.2 Å². The molecule has 5 nitrogen and oxygen atoms in total. The number of rotatable bonds is 5. The Labute approximate surface area is 119 Å². The lowest BCUT2D eigenvalue weighted by Gasteiger charge is -2.19. The van der Waals surface area contributed by atoms with E-state index in [0.717, 1.165) is 9.37 Å². The van der Waals surface area contributed by atoms with Gasteiger partial charge >= 0.3 is 5.97 Å². The highest BCUT2D eigenvalue weighted by molar-refractivity contribution is 9.10. The molecule has 0 aliphatic carbocycles. The summed E-state index contributed by atoms with van der Waals surface area (Å²) < 4.78 is 5.86. The van der Waals surface area contributed by atoms with E-state index in [4.69, 9.17) is 16.3 Å². The van der Waals surface area contributed by atoms with Crippen LogP contribution in [0.4, 0.5) is 0 Å². The van der Waals surface area contributed by atoms with Crippen LogP contribution in [-0.2, 0) is 4.79 Å². The summed E-state index contributed by atoms with van der Waals surface area (Å²) in [4.78, 5) is 24.0. The fourth-order valence-corrected chi connectivity index (χ4v) is 1.83. The second-order valence-electron chi connectivity index (χ2n) is 3.60. The van der Waals surface area contributed by atoms with Crippen molar-refractivity contribution in [3.63, 3.8) is 0 Å². The summed E-state index contributed by atoms with van der Waals surface area (Å²) in [5.41, 5.74) is 0.266. The normalized spacial score (nSPS) is 9.53. The van der Waals surface area contributed by atoms with Crippen molar-refractivity contribution in [2.45, 2.75) is 0 Å². The number of terminal acetylenes is 1. The molecular formula is C13H12BrNO4. The number of ether oxygens (including phenoxy) is 1. The summed E-state index contributed by atoms with van der Waals surface area (Å²) in [6, 6.07) is 4.85. The molecule has 0 aliphatic rings.